The number of anilines is 1. The van der Waals surface area contributed by atoms with E-state index in [1.807, 2.05) is 0 Å². The van der Waals surface area contributed by atoms with Crippen LogP contribution in [0.2, 0.25) is 0 Å². The van der Waals surface area contributed by atoms with E-state index in [2.05, 4.69) is 10.2 Å². The molecule has 0 bridgehead atoms. The first-order valence-electron chi connectivity index (χ1n) is 2.26. The maximum absolute atomic E-state index is 9.76. The fraction of sp³-hybridized carbons (Fsp3) is 0.250. The monoisotopic (exact) mass is 142 g/mol. The van der Waals surface area contributed by atoms with E-state index >= 15 is 0 Å². The number of nitrogens with two attached hydrogens (primary N) is 1. The van der Waals surface area contributed by atoms with Gasteiger partial charge in [-0.2, -0.15) is 0 Å². The van der Waals surface area contributed by atoms with Crippen molar-refractivity contribution in [1.82, 2.24) is 10.2 Å². The molecule has 0 saturated carbocycles. The Morgan fingerprint density at radius 1 is 1.67 bits per heavy atom. The van der Waals surface area contributed by atoms with Crippen molar-refractivity contribution in [2.75, 3.05) is 5.73 Å². The van der Waals surface area contributed by atoms with Crippen molar-refractivity contribution in [3.63, 3.8) is 0 Å². The van der Waals surface area contributed by atoms with Gasteiger partial charge in [0.2, 0.25) is 11.4 Å². The smallest absolute Gasteiger partial charge is 0.205 e. The molecule has 1 aromatic heterocycles. The van der Waals surface area contributed by atoms with Gasteiger partial charge in [0.25, 0.3) is 0 Å². The molecule has 0 spiro atoms. The molecular weight excluding hydrogens is 138 g/mol. The molecular formula is C4H4N3OS. The quantitative estimate of drug-likeness (QED) is 0.619. The summed E-state index contributed by atoms with van der Waals surface area (Å²) in [4.78, 5) is 9.76. The lowest BCUT2D eigenvalue weighted by Crippen LogP contribution is -1.83. The Bertz CT molecular complexity index is 209. The number of rotatable bonds is 2. The summed E-state index contributed by atoms with van der Waals surface area (Å²) >= 11 is 1.21. The van der Waals surface area contributed by atoms with Crippen LogP contribution in [0, 0.1) is 0 Å². The van der Waals surface area contributed by atoms with Crippen molar-refractivity contribution < 1.29 is 4.79 Å². The highest BCUT2D eigenvalue weighted by molar-refractivity contribution is 7.15. The first-order chi connectivity index (χ1) is 4.33. The average Bonchev–Trinajstić information content (AvgIpc) is 2.17. The molecule has 1 aromatic rings. The second kappa shape index (κ2) is 2.54. The van der Waals surface area contributed by atoms with Gasteiger partial charge in [-0.15, -0.1) is 10.2 Å². The predicted octanol–water partition coefficient (Wildman–Crippen LogP) is -0.228. The summed E-state index contributed by atoms with van der Waals surface area (Å²) < 4.78 is 0. The molecule has 2 N–H and O–H groups in total. The summed E-state index contributed by atoms with van der Waals surface area (Å²) in [5, 5.41) is 8.09. The molecule has 1 rings (SSSR count). The second-order valence-electron chi connectivity index (χ2n) is 1.36. The topological polar surface area (TPSA) is 68.9 Å². The summed E-state index contributed by atoms with van der Waals surface area (Å²) in [6, 6.07) is 0. The first kappa shape index (κ1) is 6.15. The van der Waals surface area contributed by atoms with Crippen LogP contribution in [0.25, 0.3) is 0 Å². The Kier molecular flexibility index (Phi) is 1.74. The minimum absolute atomic E-state index is 0.189. The molecule has 0 unspecified atom stereocenters. The molecule has 0 aliphatic rings. The molecule has 4 nitrogen and oxygen atoms in total. The third-order valence-corrected chi connectivity index (χ3v) is 1.46. The molecule has 5 heteroatoms. The zero-order valence-electron chi connectivity index (χ0n) is 4.50. The minimum atomic E-state index is 0.189. The van der Waals surface area contributed by atoms with E-state index in [0.717, 1.165) is 0 Å². The SMILES string of the molecule is Nc1nnc(C[C]=O)s1. The van der Waals surface area contributed by atoms with Gasteiger partial charge in [0.1, 0.15) is 5.01 Å². The Balaban J connectivity index is 2.72. The van der Waals surface area contributed by atoms with Crippen LogP contribution in [-0.4, -0.2) is 16.5 Å². The lowest BCUT2D eigenvalue weighted by molar-refractivity contribution is 0.555. The first-order valence-corrected chi connectivity index (χ1v) is 3.07. The number of nitrogen functional groups attached to an aromatic ring is 1. The van der Waals surface area contributed by atoms with Gasteiger partial charge >= 0.3 is 0 Å². The highest BCUT2D eigenvalue weighted by Gasteiger charge is 1.97. The maximum atomic E-state index is 9.76. The molecule has 47 valence electrons. The van der Waals surface area contributed by atoms with Crippen LogP contribution >= 0.6 is 11.3 Å². The van der Waals surface area contributed by atoms with E-state index in [0.29, 0.717) is 10.1 Å². The van der Waals surface area contributed by atoms with E-state index in [4.69, 9.17) is 5.73 Å². The third-order valence-electron chi connectivity index (χ3n) is 0.706. The van der Waals surface area contributed by atoms with Gasteiger partial charge in [0.15, 0.2) is 0 Å². The van der Waals surface area contributed by atoms with Crippen LogP contribution in [-0.2, 0) is 11.2 Å². The van der Waals surface area contributed by atoms with E-state index in [1.54, 1.807) is 6.29 Å². The van der Waals surface area contributed by atoms with Crippen molar-refractivity contribution >= 4 is 22.8 Å². The largest absolute Gasteiger partial charge is 0.374 e. The minimum Gasteiger partial charge on any atom is -0.374 e. The van der Waals surface area contributed by atoms with Gasteiger partial charge in [-0.05, 0) is 0 Å². The molecule has 0 aromatic carbocycles. The Hall–Kier alpha value is -0.970. The van der Waals surface area contributed by atoms with E-state index < -0.39 is 0 Å². The van der Waals surface area contributed by atoms with Gasteiger partial charge in [-0.1, -0.05) is 11.3 Å². The van der Waals surface area contributed by atoms with Gasteiger partial charge in [-0.3, -0.25) is 4.79 Å². The summed E-state index contributed by atoms with van der Waals surface area (Å²) in [6.07, 6.45) is 1.89. The lowest BCUT2D eigenvalue weighted by Gasteiger charge is -1.74. The molecule has 0 aliphatic carbocycles. The van der Waals surface area contributed by atoms with Gasteiger partial charge < -0.3 is 5.73 Å². The van der Waals surface area contributed by atoms with Crippen LogP contribution in [0.5, 0.6) is 0 Å². The molecule has 0 aliphatic heterocycles. The fourth-order valence-electron chi connectivity index (χ4n) is 0.400. The fourth-order valence-corrected chi connectivity index (χ4v) is 0.936. The Morgan fingerprint density at radius 2 is 2.44 bits per heavy atom. The Labute approximate surface area is 55.7 Å². The van der Waals surface area contributed by atoms with E-state index in [-0.39, 0.29) is 6.42 Å². The van der Waals surface area contributed by atoms with Crippen LogP contribution in [0.3, 0.4) is 0 Å². The van der Waals surface area contributed by atoms with Gasteiger partial charge in [-0.25, -0.2) is 0 Å². The van der Waals surface area contributed by atoms with Crippen molar-refractivity contribution in [2.45, 2.75) is 6.42 Å². The summed E-state index contributed by atoms with van der Waals surface area (Å²) in [5.41, 5.74) is 5.22. The average molecular weight is 142 g/mol. The normalized spacial score (nSPS) is 9.33. The standard InChI is InChI=1S/C4H4N3OS/c5-4-7-6-3(9-4)1-2-8/h1H2,(H2,5,7). The summed E-state index contributed by atoms with van der Waals surface area (Å²) in [5.74, 6) is 0. The summed E-state index contributed by atoms with van der Waals surface area (Å²) in [7, 11) is 0. The molecule has 1 radical (unpaired) electrons. The number of carbonyl (C=O) groups excluding carboxylic acids is 1. The highest BCUT2D eigenvalue weighted by atomic mass is 32.1. The molecule has 0 amide bonds. The molecule has 9 heavy (non-hydrogen) atoms. The zero-order chi connectivity index (χ0) is 6.69. The van der Waals surface area contributed by atoms with Crippen LogP contribution in [0.4, 0.5) is 5.13 Å². The van der Waals surface area contributed by atoms with E-state index in [1.165, 1.54) is 11.3 Å². The number of hydrogen-bond acceptors (Lipinski definition) is 5. The highest BCUT2D eigenvalue weighted by Crippen LogP contribution is 2.09. The third kappa shape index (κ3) is 1.46. The number of hydrogen-bond donors (Lipinski definition) is 1. The maximum Gasteiger partial charge on any atom is 0.205 e. The van der Waals surface area contributed by atoms with Crippen LogP contribution < -0.4 is 5.73 Å². The van der Waals surface area contributed by atoms with E-state index in [9.17, 15) is 4.79 Å². The molecule has 0 fully saturated rings. The summed E-state index contributed by atoms with van der Waals surface area (Å²) in [6.45, 7) is 0. The van der Waals surface area contributed by atoms with Crippen molar-refractivity contribution in [2.24, 2.45) is 0 Å². The predicted molar refractivity (Wildman–Crippen MR) is 33.7 cm³/mol. The molecule has 0 atom stereocenters. The zero-order valence-corrected chi connectivity index (χ0v) is 5.31. The lowest BCUT2D eigenvalue weighted by atomic mass is 10.5. The number of aromatic nitrogens is 2. The molecule has 0 saturated heterocycles. The van der Waals surface area contributed by atoms with Gasteiger partial charge in [0.05, 0.1) is 6.42 Å². The van der Waals surface area contributed by atoms with Crippen molar-refractivity contribution in [3.8, 4) is 0 Å². The number of nitrogens with zero attached hydrogens (tertiary/aromatic N) is 2. The van der Waals surface area contributed by atoms with Gasteiger partial charge in [0, 0.05) is 0 Å². The van der Waals surface area contributed by atoms with Crippen molar-refractivity contribution in [3.05, 3.63) is 5.01 Å². The second-order valence-corrected chi connectivity index (χ2v) is 2.45. The van der Waals surface area contributed by atoms with Crippen molar-refractivity contribution in [1.29, 1.82) is 0 Å². The molecule has 1 heterocycles. The Morgan fingerprint density at radius 3 is 2.89 bits per heavy atom. The van der Waals surface area contributed by atoms with Crippen LogP contribution in [0.15, 0.2) is 0 Å². The van der Waals surface area contributed by atoms with Crippen LogP contribution in [0.1, 0.15) is 5.01 Å².